The minimum absolute atomic E-state index is 0.710. The SMILES string of the molecule is Clc1ccc(-c2nc(NCC[NH+]3CCOCC3)c3ccccc3n2)cc1. The van der Waals surface area contributed by atoms with Gasteiger partial charge in [0.2, 0.25) is 0 Å². The predicted molar refractivity (Wildman–Crippen MR) is 105 cm³/mol. The van der Waals surface area contributed by atoms with Gasteiger partial charge in [-0.05, 0) is 36.4 Å². The maximum atomic E-state index is 6.00. The Hall–Kier alpha value is -2.21. The van der Waals surface area contributed by atoms with Crippen LogP contribution in [0.15, 0.2) is 48.5 Å². The van der Waals surface area contributed by atoms with Gasteiger partial charge in [0, 0.05) is 16.0 Å². The van der Waals surface area contributed by atoms with Gasteiger partial charge in [0.15, 0.2) is 5.82 Å². The molecule has 134 valence electrons. The third kappa shape index (κ3) is 3.96. The fourth-order valence-electron chi connectivity index (χ4n) is 3.21. The maximum absolute atomic E-state index is 6.00. The predicted octanol–water partition coefficient (Wildman–Crippen LogP) is 2.28. The first kappa shape index (κ1) is 17.2. The molecular formula is C20H22ClN4O+. The molecule has 2 heterocycles. The van der Waals surface area contributed by atoms with Crippen LogP contribution in [-0.4, -0.2) is 49.4 Å². The molecule has 1 aliphatic rings. The van der Waals surface area contributed by atoms with Gasteiger partial charge in [0.05, 0.1) is 31.8 Å². The van der Waals surface area contributed by atoms with Crippen molar-refractivity contribution in [1.29, 1.82) is 0 Å². The van der Waals surface area contributed by atoms with Crippen LogP contribution in [0.3, 0.4) is 0 Å². The number of nitrogens with zero attached hydrogens (tertiary/aromatic N) is 2. The van der Waals surface area contributed by atoms with E-state index in [9.17, 15) is 0 Å². The molecule has 0 spiro atoms. The van der Waals surface area contributed by atoms with Gasteiger partial charge in [0.25, 0.3) is 0 Å². The van der Waals surface area contributed by atoms with Gasteiger partial charge in [-0.2, -0.15) is 0 Å². The van der Waals surface area contributed by atoms with Crippen molar-refractivity contribution in [3.63, 3.8) is 0 Å². The number of hydrogen-bond donors (Lipinski definition) is 2. The minimum atomic E-state index is 0.710. The van der Waals surface area contributed by atoms with Crippen molar-refractivity contribution in [2.75, 3.05) is 44.7 Å². The molecule has 1 aliphatic heterocycles. The smallest absolute Gasteiger partial charge is 0.162 e. The third-order valence-electron chi connectivity index (χ3n) is 4.68. The Bertz CT molecular complexity index is 879. The van der Waals surface area contributed by atoms with Gasteiger partial charge in [-0.15, -0.1) is 0 Å². The van der Waals surface area contributed by atoms with Crippen LogP contribution < -0.4 is 10.2 Å². The Kier molecular flexibility index (Phi) is 5.29. The van der Waals surface area contributed by atoms with Crippen LogP contribution in [0.2, 0.25) is 5.02 Å². The summed E-state index contributed by atoms with van der Waals surface area (Å²) in [5, 5.41) is 5.27. The zero-order valence-corrected chi connectivity index (χ0v) is 15.3. The first-order valence-corrected chi connectivity index (χ1v) is 9.35. The van der Waals surface area contributed by atoms with E-state index in [2.05, 4.69) is 11.4 Å². The fraction of sp³-hybridized carbons (Fsp3) is 0.300. The number of benzene rings is 2. The second kappa shape index (κ2) is 7.99. The first-order chi connectivity index (χ1) is 12.8. The van der Waals surface area contributed by atoms with Gasteiger partial charge in [-0.3, -0.25) is 0 Å². The van der Waals surface area contributed by atoms with Crippen LogP contribution in [0.25, 0.3) is 22.3 Å². The van der Waals surface area contributed by atoms with Crippen LogP contribution in [0.1, 0.15) is 0 Å². The van der Waals surface area contributed by atoms with Crippen LogP contribution in [0.4, 0.5) is 5.82 Å². The Morgan fingerprint density at radius 1 is 1.00 bits per heavy atom. The van der Waals surface area contributed by atoms with Crippen molar-refractivity contribution in [1.82, 2.24) is 9.97 Å². The second-order valence-electron chi connectivity index (χ2n) is 6.46. The summed E-state index contributed by atoms with van der Waals surface area (Å²) in [6, 6.07) is 15.7. The molecule has 6 heteroatoms. The molecule has 2 aromatic carbocycles. The molecule has 0 unspecified atom stereocenters. The van der Waals surface area contributed by atoms with Crippen molar-refractivity contribution >= 4 is 28.3 Å². The van der Waals surface area contributed by atoms with Gasteiger partial charge < -0.3 is 15.0 Å². The number of hydrogen-bond acceptors (Lipinski definition) is 4. The lowest BCUT2D eigenvalue weighted by molar-refractivity contribution is -0.906. The molecule has 1 fully saturated rings. The van der Waals surface area contributed by atoms with Crippen LogP contribution in [0, 0.1) is 0 Å². The molecule has 2 N–H and O–H groups in total. The zero-order valence-electron chi connectivity index (χ0n) is 14.5. The Labute approximate surface area is 158 Å². The van der Waals surface area contributed by atoms with Crippen molar-refractivity contribution in [3.05, 3.63) is 53.6 Å². The normalized spacial score (nSPS) is 15.3. The van der Waals surface area contributed by atoms with E-state index < -0.39 is 0 Å². The van der Waals surface area contributed by atoms with E-state index in [1.807, 2.05) is 42.5 Å². The summed E-state index contributed by atoms with van der Waals surface area (Å²) < 4.78 is 5.42. The van der Waals surface area contributed by atoms with Gasteiger partial charge in [-0.25, -0.2) is 9.97 Å². The van der Waals surface area contributed by atoms with Crippen LogP contribution >= 0.6 is 11.6 Å². The Balaban J connectivity index is 1.58. The zero-order chi connectivity index (χ0) is 17.8. The van der Waals surface area contributed by atoms with Crippen molar-refractivity contribution < 1.29 is 9.64 Å². The van der Waals surface area contributed by atoms with E-state index in [0.29, 0.717) is 10.8 Å². The monoisotopic (exact) mass is 369 g/mol. The molecule has 0 aliphatic carbocycles. The van der Waals surface area contributed by atoms with Crippen molar-refractivity contribution in [3.8, 4) is 11.4 Å². The summed E-state index contributed by atoms with van der Waals surface area (Å²) in [5.74, 6) is 1.59. The molecule has 0 radical (unpaired) electrons. The molecule has 0 saturated carbocycles. The number of ether oxygens (including phenoxy) is 1. The summed E-state index contributed by atoms with van der Waals surface area (Å²) in [6.07, 6.45) is 0. The highest BCUT2D eigenvalue weighted by molar-refractivity contribution is 6.30. The molecule has 0 bridgehead atoms. The second-order valence-corrected chi connectivity index (χ2v) is 6.90. The fourth-order valence-corrected chi connectivity index (χ4v) is 3.33. The average Bonchev–Trinajstić information content (AvgIpc) is 2.69. The highest BCUT2D eigenvalue weighted by atomic mass is 35.5. The highest BCUT2D eigenvalue weighted by Gasteiger charge is 2.14. The third-order valence-corrected chi connectivity index (χ3v) is 4.93. The molecule has 1 saturated heterocycles. The number of para-hydroxylation sites is 1. The minimum Gasteiger partial charge on any atom is -0.370 e. The number of anilines is 1. The molecule has 4 rings (SSSR count). The van der Waals surface area contributed by atoms with E-state index in [0.717, 1.165) is 61.7 Å². The standard InChI is InChI=1S/C20H21ClN4O/c21-16-7-5-15(6-8-16)19-23-18-4-2-1-3-17(18)20(24-19)22-9-10-25-11-13-26-14-12-25/h1-8H,9-14H2,(H,22,23,24)/p+1. The van der Waals surface area contributed by atoms with Gasteiger partial charge >= 0.3 is 0 Å². The summed E-state index contributed by atoms with van der Waals surface area (Å²) in [4.78, 5) is 11.1. The van der Waals surface area contributed by atoms with E-state index in [4.69, 9.17) is 26.3 Å². The number of morpholine rings is 1. The number of halogens is 1. The number of fused-ring (bicyclic) bond motifs is 1. The summed E-state index contributed by atoms with van der Waals surface area (Å²) in [7, 11) is 0. The molecule has 0 amide bonds. The van der Waals surface area contributed by atoms with E-state index in [1.165, 1.54) is 0 Å². The summed E-state index contributed by atoms with van der Waals surface area (Å²) in [5.41, 5.74) is 1.90. The van der Waals surface area contributed by atoms with Crippen molar-refractivity contribution in [2.24, 2.45) is 0 Å². The van der Waals surface area contributed by atoms with E-state index in [1.54, 1.807) is 4.90 Å². The lowest BCUT2D eigenvalue weighted by Gasteiger charge is -2.23. The quantitative estimate of drug-likeness (QED) is 0.724. The highest BCUT2D eigenvalue weighted by Crippen LogP contribution is 2.25. The summed E-state index contributed by atoms with van der Waals surface area (Å²) in [6.45, 7) is 5.78. The first-order valence-electron chi connectivity index (χ1n) is 8.97. The molecule has 5 nitrogen and oxygen atoms in total. The van der Waals surface area contributed by atoms with Gasteiger partial charge in [-0.1, -0.05) is 23.7 Å². The molecule has 3 aromatic rings. The number of quaternary nitrogens is 1. The topological polar surface area (TPSA) is 51.5 Å². The Morgan fingerprint density at radius 2 is 1.77 bits per heavy atom. The largest absolute Gasteiger partial charge is 0.370 e. The van der Waals surface area contributed by atoms with Crippen LogP contribution in [0.5, 0.6) is 0 Å². The maximum Gasteiger partial charge on any atom is 0.162 e. The van der Waals surface area contributed by atoms with E-state index in [-0.39, 0.29) is 0 Å². The van der Waals surface area contributed by atoms with Crippen molar-refractivity contribution in [2.45, 2.75) is 0 Å². The molecule has 26 heavy (non-hydrogen) atoms. The molecular weight excluding hydrogens is 348 g/mol. The van der Waals surface area contributed by atoms with E-state index >= 15 is 0 Å². The number of nitrogens with one attached hydrogen (secondary N) is 2. The number of rotatable bonds is 5. The average molecular weight is 370 g/mol. The van der Waals surface area contributed by atoms with Gasteiger partial charge in [0.1, 0.15) is 18.9 Å². The molecule has 0 atom stereocenters. The lowest BCUT2D eigenvalue weighted by Crippen LogP contribution is -3.14. The number of aromatic nitrogens is 2. The lowest BCUT2D eigenvalue weighted by atomic mass is 10.2. The Morgan fingerprint density at radius 3 is 2.58 bits per heavy atom. The molecule has 1 aromatic heterocycles. The van der Waals surface area contributed by atoms with Crippen LogP contribution in [-0.2, 0) is 4.74 Å². The summed E-state index contributed by atoms with van der Waals surface area (Å²) >= 11 is 6.00.